The van der Waals surface area contributed by atoms with Gasteiger partial charge in [0.2, 0.25) is 0 Å². The first-order valence-electron chi connectivity index (χ1n) is 11.3. The van der Waals surface area contributed by atoms with Gasteiger partial charge in [-0.25, -0.2) is 4.39 Å². The summed E-state index contributed by atoms with van der Waals surface area (Å²) in [6, 6.07) is 7.57. The molecule has 2 aromatic rings. The van der Waals surface area contributed by atoms with Crippen LogP contribution in [0.1, 0.15) is 63.0 Å². The monoisotopic (exact) mass is 474 g/mol. The minimum absolute atomic E-state index is 0.428. The Balaban J connectivity index is 1.54. The molecule has 0 unspecified atom stereocenters. The smallest absolute Gasteiger partial charge is 0.429 e. The van der Waals surface area contributed by atoms with Crippen molar-refractivity contribution in [2.75, 3.05) is 0 Å². The molecule has 2 nitrogen and oxygen atoms in total. The molecular formula is C25H28F6O2. The van der Waals surface area contributed by atoms with Crippen molar-refractivity contribution in [3.63, 3.8) is 0 Å². The van der Waals surface area contributed by atoms with Crippen LogP contribution in [-0.4, -0.2) is 6.36 Å². The summed E-state index contributed by atoms with van der Waals surface area (Å²) in [6.07, 6.45) is 0.452. The van der Waals surface area contributed by atoms with Crippen LogP contribution in [-0.2, 0) is 12.5 Å². The number of rotatable bonds is 9. The SMILES string of the molecule is CCC[C@H]1CC[C@H](CCc2ccc(C(F)(F)Oc3ccc(OC(F)(F)F)c(F)c3)cc2)CC1. The second kappa shape index (κ2) is 10.7. The van der Waals surface area contributed by atoms with Crippen LogP contribution in [0.3, 0.4) is 0 Å². The molecule has 8 heteroatoms. The van der Waals surface area contributed by atoms with Crippen molar-refractivity contribution in [3.05, 3.63) is 59.4 Å². The summed E-state index contributed by atoms with van der Waals surface area (Å²) in [6.45, 7) is 2.21. The number of ether oxygens (including phenoxy) is 2. The third-order valence-corrected chi connectivity index (χ3v) is 6.17. The van der Waals surface area contributed by atoms with Crippen LogP contribution in [0, 0.1) is 17.7 Å². The Morgan fingerprint density at radius 1 is 0.818 bits per heavy atom. The molecule has 1 saturated carbocycles. The molecule has 1 aliphatic rings. The van der Waals surface area contributed by atoms with Crippen LogP contribution in [0.2, 0.25) is 0 Å². The highest BCUT2D eigenvalue weighted by Crippen LogP contribution is 2.36. The maximum absolute atomic E-state index is 14.5. The molecule has 0 atom stereocenters. The van der Waals surface area contributed by atoms with Crippen LogP contribution >= 0.6 is 0 Å². The molecule has 1 fully saturated rings. The van der Waals surface area contributed by atoms with Crippen molar-refractivity contribution in [2.24, 2.45) is 11.8 Å². The van der Waals surface area contributed by atoms with Gasteiger partial charge in [0.1, 0.15) is 5.75 Å². The van der Waals surface area contributed by atoms with E-state index in [1.54, 1.807) is 12.1 Å². The van der Waals surface area contributed by atoms with Gasteiger partial charge >= 0.3 is 12.5 Å². The average molecular weight is 474 g/mol. The van der Waals surface area contributed by atoms with E-state index in [0.717, 1.165) is 30.4 Å². The lowest BCUT2D eigenvalue weighted by Crippen LogP contribution is -2.22. The molecule has 2 aromatic carbocycles. The van der Waals surface area contributed by atoms with Crippen LogP contribution in [0.25, 0.3) is 0 Å². The van der Waals surface area contributed by atoms with E-state index in [-0.39, 0.29) is 0 Å². The fourth-order valence-corrected chi connectivity index (χ4v) is 4.41. The molecule has 0 spiro atoms. The molecule has 0 N–H and O–H groups in total. The van der Waals surface area contributed by atoms with E-state index in [0.29, 0.717) is 18.1 Å². The van der Waals surface area contributed by atoms with E-state index < -0.39 is 35.4 Å². The molecule has 0 bridgehead atoms. The second-order valence-electron chi connectivity index (χ2n) is 8.67. The number of alkyl halides is 5. The molecule has 0 amide bonds. The zero-order valence-corrected chi connectivity index (χ0v) is 18.4. The maximum atomic E-state index is 14.5. The van der Waals surface area contributed by atoms with Gasteiger partial charge in [0.05, 0.1) is 5.56 Å². The number of hydrogen-bond acceptors (Lipinski definition) is 2. The van der Waals surface area contributed by atoms with Crippen molar-refractivity contribution < 1.29 is 35.8 Å². The van der Waals surface area contributed by atoms with Gasteiger partial charge in [-0.3, -0.25) is 0 Å². The summed E-state index contributed by atoms with van der Waals surface area (Å²) >= 11 is 0. The van der Waals surface area contributed by atoms with Crippen molar-refractivity contribution in [1.29, 1.82) is 0 Å². The summed E-state index contributed by atoms with van der Waals surface area (Å²) in [5, 5.41) is 0. The Morgan fingerprint density at radius 3 is 1.97 bits per heavy atom. The topological polar surface area (TPSA) is 18.5 Å². The molecule has 33 heavy (non-hydrogen) atoms. The lowest BCUT2D eigenvalue weighted by molar-refractivity contribution is -0.275. The highest BCUT2D eigenvalue weighted by atomic mass is 19.4. The summed E-state index contributed by atoms with van der Waals surface area (Å²) in [4.78, 5) is 0. The Kier molecular flexibility index (Phi) is 8.19. The predicted octanol–water partition coefficient (Wildman–Crippen LogP) is 8.39. The van der Waals surface area contributed by atoms with E-state index in [1.165, 1.54) is 50.7 Å². The van der Waals surface area contributed by atoms with E-state index in [9.17, 15) is 26.3 Å². The first kappa shape index (κ1) is 25.2. The lowest BCUT2D eigenvalue weighted by atomic mass is 9.78. The van der Waals surface area contributed by atoms with Gasteiger partial charge in [0.25, 0.3) is 0 Å². The highest BCUT2D eigenvalue weighted by molar-refractivity contribution is 5.34. The Morgan fingerprint density at radius 2 is 1.42 bits per heavy atom. The highest BCUT2D eigenvalue weighted by Gasteiger charge is 2.36. The fraction of sp³-hybridized carbons (Fsp3) is 0.520. The molecule has 0 radical (unpaired) electrons. The largest absolute Gasteiger partial charge is 0.573 e. The van der Waals surface area contributed by atoms with E-state index in [2.05, 4.69) is 16.4 Å². The number of hydrogen-bond donors (Lipinski definition) is 0. The van der Waals surface area contributed by atoms with Gasteiger partial charge in [-0.15, -0.1) is 13.2 Å². The van der Waals surface area contributed by atoms with Gasteiger partial charge in [-0.2, -0.15) is 8.78 Å². The zero-order chi connectivity index (χ0) is 24.1. The first-order chi connectivity index (χ1) is 15.6. The molecule has 182 valence electrons. The molecule has 0 aliphatic heterocycles. The summed E-state index contributed by atoms with van der Waals surface area (Å²) in [5.41, 5.74) is 0.521. The normalized spacial score (nSPS) is 19.4. The maximum Gasteiger partial charge on any atom is 0.573 e. The molecule has 1 aliphatic carbocycles. The molecular weight excluding hydrogens is 446 g/mol. The number of aryl methyl sites for hydroxylation is 1. The van der Waals surface area contributed by atoms with Crippen molar-refractivity contribution in [1.82, 2.24) is 0 Å². The first-order valence-corrected chi connectivity index (χ1v) is 11.3. The third-order valence-electron chi connectivity index (χ3n) is 6.17. The predicted molar refractivity (Wildman–Crippen MR) is 113 cm³/mol. The van der Waals surface area contributed by atoms with Crippen LogP contribution in [0.15, 0.2) is 42.5 Å². The Hall–Kier alpha value is -2.38. The summed E-state index contributed by atoms with van der Waals surface area (Å²) in [7, 11) is 0. The van der Waals surface area contributed by atoms with Crippen LogP contribution in [0.5, 0.6) is 11.5 Å². The summed E-state index contributed by atoms with van der Waals surface area (Å²) < 4.78 is 87.4. The van der Waals surface area contributed by atoms with Gasteiger partial charge in [0.15, 0.2) is 11.6 Å². The molecule has 0 aromatic heterocycles. The Bertz CT molecular complexity index is 887. The third kappa shape index (κ3) is 7.57. The zero-order valence-electron chi connectivity index (χ0n) is 18.4. The lowest BCUT2D eigenvalue weighted by Gasteiger charge is -2.28. The molecule has 0 saturated heterocycles. The summed E-state index contributed by atoms with van der Waals surface area (Å²) in [5.74, 6) is -1.69. The van der Waals surface area contributed by atoms with E-state index in [4.69, 9.17) is 0 Å². The second-order valence-corrected chi connectivity index (χ2v) is 8.67. The fourth-order valence-electron chi connectivity index (χ4n) is 4.41. The average Bonchev–Trinajstić information content (AvgIpc) is 2.75. The van der Waals surface area contributed by atoms with Crippen LogP contribution < -0.4 is 9.47 Å². The molecule has 0 heterocycles. The minimum atomic E-state index is -5.09. The van der Waals surface area contributed by atoms with E-state index >= 15 is 0 Å². The minimum Gasteiger partial charge on any atom is -0.429 e. The Labute approximate surface area is 189 Å². The van der Waals surface area contributed by atoms with Gasteiger partial charge in [-0.05, 0) is 54.5 Å². The van der Waals surface area contributed by atoms with Crippen LogP contribution in [0.4, 0.5) is 26.3 Å². The van der Waals surface area contributed by atoms with Crippen molar-refractivity contribution in [2.45, 2.75) is 70.8 Å². The number of benzene rings is 2. The number of halogens is 6. The van der Waals surface area contributed by atoms with Crippen molar-refractivity contribution in [3.8, 4) is 11.5 Å². The molecule has 3 rings (SSSR count). The van der Waals surface area contributed by atoms with Gasteiger partial charge in [0, 0.05) is 6.07 Å². The van der Waals surface area contributed by atoms with E-state index in [1.807, 2.05) is 0 Å². The standard InChI is InChI=1S/C25H28F6O2/c1-2-3-17-4-6-18(7-5-17)8-9-19-10-12-20(13-11-19)24(27,28)32-21-14-15-23(22(26)16-21)33-25(29,30)31/h10-18H,2-9H2,1H3/t17-,18-. The van der Waals surface area contributed by atoms with Crippen molar-refractivity contribution >= 4 is 0 Å². The quantitative estimate of drug-likeness (QED) is 0.340. The van der Waals surface area contributed by atoms with Gasteiger partial charge < -0.3 is 9.47 Å². The van der Waals surface area contributed by atoms with Gasteiger partial charge in [-0.1, -0.05) is 57.6 Å².